The fourth-order valence-corrected chi connectivity index (χ4v) is 1.80. The summed E-state index contributed by atoms with van der Waals surface area (Å²) in [4.78, 5) is 34.0. The molecule has 6 nitrogen and oxygen atoms in total. The molecule has 0 saturated heterocycles. The average molecular weight is 297 g/mol. The van der Waals surface area contributed by atoms with E-state index < -0.39 is 11.9 Å². The molecule has 0 spiro atoms. The Hall–Kier alpha value is -3.15. The number of hydrogen-bond donors (Lipinski definition) is 3. The number of urea groups is 1. The number of anilines is 2. The molecule has 0 aliphatic rings. The van der Waals surface area contributed by atoms with E-state index in [0.717, 1.165) is 0 Å². The van der Waals surface area contributed by atoms with Crippen LogP contribution in [0.15, 0.2) is 48.5 Å². The number of nitrogens with one attached hydrogen (secondary N) is 2. The zero-order valence-electron chi connectivity index (χ0n) is 11.9. The highest BCUT2D eigenvalue weighted by Crippen LogP contribution is 2.12. The molecule has 0 radical (unpaired) electrons. The molecule has 0 unspecified atom stereocenters. The van der Waals surface area contributed by atoms with E-state index in [9.17, 15) is 14.4 Å². The van der Waals surface area contributed by atoms with Crippen molar-refractivity contribution in [2.24, 2.45) is 5.73 Å². The summed E-state index contributed by atoms with van der Waals surface area (Å²) in [7, 11) is 0. The molecular weight excluding hydrogens is 282 g/mol. The van der Waals surface area contributed by atoms with Crippen LogP contribution in [0.5, 0.6) is 0 Å². The number of ketones is 1. The quantitative estimate of drug-likeness (QED) is 0.756. The van der Waals surface area contributed by atoms with Crippen molar-refractivity contribution in [3.63, 3.8) is 0 Å². The van der Waals surface area contributed by atoms with E-state index in [2.05, 4.69) is 10.6 Å². The predicted molar refractivity (Wildman–Crippen MR) is 84.0 cm³/mol. The van der Waals surface area contributed by atoms with Gasteiger partial charge in [-0.25, -0.2) is 4.79 Å². The van der Waals surface area contributed by atoms with Gasteiger partial charge < -0.3 is 16.4 Å². The number of rotatable bonds is 4. The highest BCUT2D eigenvalue weighted by atomic mass is 16.2. The molecule has 2 aromatic carbocycles. The van der Waals surface area contributed by atoms with Crippen LogP contribution in [0, 0.1) is 0 Å². The van der Waals surface area contributed by atoms with E-state index in [0.29, 0.717) is 22.5 Å². The Balaban J connectivity index is 1.97. The molecular formula is C16H15N3O3. The van der Waals surface area contributed by atoms with Gasteiger partial charge in [0, 0.05) is 22.5 Å². The van der Waals surface area contributed by atoms with Crippen LogP contribution in [-0.4, -0.2) is 17.7 Å². The lowest BCUT2D eigenvalue weighted by atomic mass is 10.1. The highest BCUT2D eigenvalue weighted by Gasteiger charge is 2.05. The van der Waals surface area contributed by atoms with Gasteiger partial charge in [-0.1, -0.05) is 0 Å². The molecule has 0 aliphatic heterocycles. The second-order valence-electron chi connectivity index (χ2n) is 4.65. The number of primary amides is 1. The zero-order valence-corrected chi connectivity index (χ0v) is 11.9. The van der Waals surface area contributed by atoms with Crippen LogP contribution in [0.4, 0.5) is 16.2 Å². The molecule has 0 bridgehead atoms. The molecule has 22 heavy (non-hydrogen) atoms. The largest absolute Gasteiger partial charge is 0.366 e. The van der Waals surface area contributed by atoms with Gasteiger partial charge in [0.15, 0.2) is 5.78 Å². The van der Waals surface area contributed by atoms with Crippen LogP contribution < -0.4 is 16.4 Å². The SMILES string of the molecule is CC(=O)c1ccc(NC(=O)Nc2ccc(C(N)=O)cc2)cc1. The second-order valence-corrected chi connectivity index (χ2v) is 4.65. The maximum Gasteiger partial charge on any atom is 0.323 e. The van der Waals surface area contributed by atoms with Crippen molar-refractivity contribution in [3.05, 3.63) is 59.7 Å². The van der Waals surface area contributed by atoms with Gasteiger partial charge in [0.2, 0.25) is 5.91 Å². The van der Waals surface area contributed by atoms with E-state index in [1.807, 2.05) is 0 Å². The predicted octanol–water partition coefficient (Wildman–Crippen LogP) is 2.63. The monoisotopic (exact) mass is 297 g/mol. The third kappa shape index (κ3) is 3.92. The zero-order chi connectivity index (χ0) is 16.1. The standard InChI is InChI=1S/C16H15N3O3/c1-10(20)11-2-6-13(7-3-11)18-16(22)19-14-8-4-12(5-9-14)15(17)21/h2-9H,1H3,(H2,17,21)(H2,18,19,22). The van der Waals surface area contributed by atoms with Gasteiger partial charge in [0.05, 0.1) is 0 Å². The Kier molecular flexibility index (Phi) is 4.53. The topological polar surface area (TPSA) is 101 Å². The lowest BCUT2D eigenvalue weighted by Gasteiger charge is -2.08. The maximum absolute atomic E-state index is 11.8. The van der Waals surface area contributed by atoms with Crippen molar-refractivity contribution in [2.45, 2.75) is 6.92 Å². The molecule has 3 amide bonds. The highest BCUT2D eigenvalue weighted by molar-refractivity contribution is 6.01. The third-order valence-corrected chi connectivity index (χ3v) is 2.98. The summed E-state index contributed by atoms with van der Waals surface area (Å²) >= 11 is 0. The van der Waals surface area contributed by atoms with Gasteiger partial charge in [-0.2, -0.15) is 0 Å². The van der Waals surface area contributed by atoms with Crippen molar-refractivity contribution >= 4 is 29.1 Å². The molecule has 2 rings (SSSR count). The van der Waals surface area contributed by atoms with Crippen molar-refractivity contribution in [3.8, 4) is 0 Å². The molecule has 0 heterocycles. The number of carbonyl (C=O) groups is 3. The first-order valence-electron chi connectivity index (χ1n) is 6.54. The minimum Gasteiger partial charge on any atom is -0.366 e. The summed E-state index contributed by atoms with van der Waals surface area (Å²) in [5.41, 5.74) is 7.18. The fraction of sp³-hybridized carbons (Fsp3) is 0.0625. The summed E-state index contributed by atoms with van der Waals surface area (Å²) in [5.74, 6) is -0.563. The van der Waals surface area contributed by atoms with Gasteiger partial charge in [0.1, 0.15) is 0 Å². The van der Waals surface area contributed by atoms with Gasteiger partial charge >= 0.3 is 6.03 Å². The summed E-state index contributed by atoms with van der Waals surface area (Å²) in [6.07, 6.45) is 0. The number of nitrogens with two attached hydrogens (primary N) is 1. The molecule has 0 aliphatic carbocycles. The molecule has 112 valence electrons. The number of hydrogen-bond acceptors (Lipinski definition) is 3. The van der Waals surface area contributed by atoms with Crippen LogP contribution in [0.3, 0.4) is 0 Å². The first-order chi connectivity index (χ1) is 10.5. The van der Waals surface area contributed by atoms with E-state index in [4.69, 9.17) is 5.73 Å². The summed E-state index contributed by atoms with van der Waals surface area (Å²) < 4.78 is 0. The van der Waals surface area contributed by atoms with Gasteiger partial charge in [-0.15, -0.1) is 0 Å². The van der Waals surface area contributed by atoms with Gasteiger partial charge in [-0.05, 0) is 55.5 Å². The van der Waals surface area contributed by atoms with Crippen LogP contribution in [-0.2, 0) is 0 Å². The summed E-state index contributed by atoms with van der Waals surface area (Å²) in [6, 6.07) is 12.4. The van der Waals surface area contributed by atoms with Crippen LogP contribution in [0.25, 0.3) is 0 Å². The van der Waals surface area contributed by atoms with E-state index in [-0.39, 0.29) is 5.78 Å². The second kappa shape index (κ2) is 6.53. The van der Waals surface area contributed by atoms with Gasteiger partial charge in [0.25, 0.3) is 0 Å². The maximum atomic E-state index is 11.8. The Morgan fingerprint density at radius 1 is 0.773 bits per heavy atom. The number of carbonyl (C=O) groups excluding carboxylic acids is 3. The average Bonchev–Trinajstić information content (AvgIpc) is 2.48. The molecule has 0 aromatic heterocycles. The Morgan fingerprint density at radius 3 is 1.55 bits per heavy atom. The molecule has 2 aromatic rings. The van der Waals surface area contributed by atoms with Crippen molar-refractivity contribution in [1.82, 2.24) is 0 Å². The van der Waals surface area contributed by atoms with Crippen molar-refractivity contribution < 1.29 is 14.4 Å². The molecule has 6 heteroatoms. The Labute approximate surface area is 127 Å². The summed E-state index contributed by atoms with van der Waals surface area (Å²) in [6.45, 7) is 1.48. The first-order valence-corrected chi connectivity index (χ1v) is 6.54. The Bertz CT molecular complexity index is 645. The minimum atomic E-state index is -0.526. The molecule has 0 fully saturated rings. The van der Waals surface area contributed by atoms with E-state index in [1.165, 1.54) is 19.1 Å². The molecule has 0 saturated carbocycles. The smallest absolute Gasteiger partial charge is 0.323 e. The van der Waals surface area contributed by atoms with E-state index >= 15 is 0 Å². The fourth-order valence-electron chi connectivity index (χ4n) is 1.80. The summed E-state index contributed by atoms with van der Waals surface area (Å²) in [5, 5.41) is 5.27. The molecule has 4 N–H and O–H groups in total. The number of amides is 3. The minimum absolute atomic E-state index is 0.0365. The third-order valence-electron chi connectivity index (χ3n) is 2.98. The normalized spacial score (nSPS) is 9.86. The lowest BCUT2D eigenvalue weighted by molar-refractivity contribution is 0.0996. The van der Waals surface area contributed by atoms with E-state index in [1.54, 1.807) is 36.4 Å². The lowest BCUT2D eigenvalue weighted by Crippen LogP contribution is -2.19. The van der Waals surface area contributed by atoms with Gasteiger partial charge in [-0.3, -0.25) is 9.59 Å². The number of Topliss-reactive ketones (excluding diaryl/α,β-unsaturated/α-hetero) is 1. The van der Waals surface area contributed by atoms with Crippen LogP contribution in [0.2, 0.25) is 0 Å². The van der Waals surface area contributed by atoms with Crippen molar-refractivity contribution in [1.29, 1.82) is 0 Å². The number of benzene rings is 2. The van der Waals surface area contributed by atoms with Crippen LogP contribution >= 0.6 is 0 Å². The Morgan fingerprint density at radius 2 is 1.18 bits per heavy atom. The van der Waals surface area contributed by atoms with Crippen molar-refractivity contribution in [2.75, 3.05) is 10.6 Å². The molecule has 0 atom stereocenters. The first kappa shape index (κ1) is 15.2. The van der Waals surface area contributed by atoms with Crippen LogP contribution in [0.1, 0.15) is 27.6 Å².